The molecule has 0 bridgehead atoms. The maximum Gasteiger partial charge on any atom is 0.256 e. The number of nitrogens with zero attached hydrogens (tertiary/aromatic N) is 3. The van der Waals surface area contributed by atoms with E-state index in [1.165, 1.54) is 21.6 Å². The van der Waals surface area contributed by atoms with E-state index in [0.29, 0.717) is 19.8 Å². The number of thioether (sulfide) groups is 1. The minimum Gasteiger partial charge on any atom is -0.377 e. The third-order valence-electron chi connectivity index (χ3n) is 8.70. The highest BCUT2D eigenvalue weighted by molar-refractivity contribution is 7.99. The van der Waals surface area contributed by atoms with Gasteiger partial charge in [0.05, 0.1) is 18.8 Å². The summed E-state index contributed by atoms with van der Waals surface area (Å²) in [5.74, 6) is 3.10. The predicted octanol–water partition coefficient (Wildman–Crippen LogP) is 8.46. The fourth-order valence-corrected chi connectivity index (χ4v) is 7.17. The second-order valence-electron chi connectivity index (χ2n) is 11.6. The van der Waals surface area contributed by atoms with Crippen LogP contribution >= 0.6 is 11.8 Å². The molecule has 0 radical (unpaired) electrons. The fourth-order valence-electron chi connectivity index (χ4n) is 6.15. The molecule has 3 aromatic rings. The van der Waals surface area contributed by atoms with Crippen LogP contribution in [-0.4, -0.2) is 39.7 Å². The number of hydrogen-bond acceptors (Lipinski definition) is 6. The SMILES string of the molecule is CCCCC1=NC2(CCCC2)C(=O)N1Cc1ccc(-c2ccccc2SCCCc2noc(C)c2C)c(COCC)c1. The van der Waals surface area contributed by atoms with Gasteiger partial charge < -0.3 is 9.26 Å². The Kier molecular flexibility index (Phi) is 10.2. The molecule has 0 atom stereocenters. The molecule has 1 aliphatic carbocycles. The predicted molar refractivity (Wildman–Crippen MR) is 171 cm³/mol. The van der Waals surface area contributed by atoms with Crippen molar-refractivity contribution < 1.29 is 14.1 Å². The van der Waals surface area contributed by atoms with Crippen molar-refractivity contribution in [2.24, 2.45) is 4.99 Å². The van der Waals surface area contributed by atoms with Crippen molar-refractivity contribution in [1.82, 2.24) is 10.1 Å². The molecule has 1 amide bonds. The largest absolute Gasteiger partial charge is 0.377 e. The molecule has 0 N–H and O–H groups in total. The second kappa shape index (κ2) is 14.0. The number of ether oxygens (including phenoxy) is 1. The Morgan fingerprint density at radius 1 is 1.02 bits per heavy atom. The van der Waals surface area contributed by atoms with Gasteiger partial charge in [-0.05, 0) is 86.9 Å². The first-order valence-corrected chi connectivity index (χ1v) is 16.7. The number of aliphatic imine (C=N–C) groups is 1. The Hall–Kier alpha value is -2.90. The first kappa shape index (κ1) is 30.6. The van der Waals surface area contributed by atoms with Gasteiger partial charge in [-0.1, -0.05) is 67.7 Å². The van der Waals surface area contributed by atoms with Gasteiger partial charge in [0, 0.05) is 23.5 Å². The van der Waals surface area contributed by atoms with E-state index in [1.54, 1.807) is 0 Å². The molecule has 1 aromatic heterocycles. The molecule has 1 aliphatic heterocycles. The highest BCUT2D eigenvalue weighted by Gasteiger charge is 2.49. The normalized spacial score (nSPS) is 16.1. The van der Waals surface area contributed by atoms with Crippen LogP contribution in [0.5, 0.6) is 0 Å². The van der Waals surface area contributed by atoms with Gasteiger partial charge in [0.15, 0.2) is 0 Å². The minimum absolute atomic E-state index is 0.208. The monoisotopic (exact) mass is 587 g/mol. The van der Waals surface area contributed by atoms with Crippen LogP contribution in [0.1, 0.15) is 93.4 Å². The zero-order valence-electron chi connectivity index (χ0n) is 25.7. The van der Waals surface area contributed by atoms with E-state index in [0.717, 1.165) is 92.0 Å². The first-order chi connectivity index (χ1) is 20.5. The molecule has 1 saturated carbocycles. The third-order valence-corrected chi connectivity index (χ3v) is 9.86. The van der Waals surface area contributed by atoms with Crippen molar-refractivity contribution in [1.29, 1.82) is 0 Å². The summed E-state index contributed by atoms with van der Waals surface area (Å²) in [5, 5.41) is 4.22. The maximum absolute atomic E-state index is 13.7. The molecule has 5 rings (SSSR count). The summed E-state index contributed by atoms with van der Waals surface area (Å²) in [6, 6.07) is 15.3. The molecule has 2 aromatic carbocycles. The molecule has 6 nitrogen and oxygen atoms in total. The van der Waals surface area contributed by atoms with Crippen LogP contribution in [-0.2, 0) is 29.1 Å². The Bertz CT molecular complexity index is 1410. The lowest BCUT2D eigenvalue weighted by Gasteiger charge is -2.23. The number of benzene rings is 2. The second-order valence-corrected chi connectivity index (χ2v) is 12.8. The summed E-state index contributed by atoms with van der Waals surface area (Å²) < 4.78 is 11.3. The molecule has 7 heteroatoms. The number of aryl methyl sites for hydroxylation is 2. The highest BCUT2D eigenvalue weighted by atomic mass is 32.2. The van der Waals surface area contributed by atoms with Gasteiger partial charge in [-0.25, -0.2) is 0 Å². The number of amides is 1. The standard InChI is InChI=1S/C35H45N3O3S/c1-5-7-16-33-36-35(19-10-11-20-35)34(39)38(33)23-27-17-18-29(28(22-27)24-40-6-2)30-13-8-9-15-32(30)42-21-12-14-31-25(3)26(4)41-37-31/h8-9,13,15,17-18,22H,5-7,10-12,14,16,19-21,23-24H2,1-4H3. The highest BCUT2D eigenvalue weighted by Crippen LogP contribution is 2.40. The van der Waals surface area contributed by atoms with Crippen molar-refractivity contribution in [3.8, 4) is 11.1 Å². The fraction of sp³-hybridized carbons (Fsp3) is 0.514. The van der Waals surface area contributed by atoms with Crippen molar-refractivity contribution in [3.05, 3.63) is 70.6 Å². The number of carbonyl (C=O) groups excluding carboxylic acids is 1. The number of aromatic nitrogens is 1. The average molecular weight is 588 g/mol. The quantitative estimate of drug-likeness (QED) is 0.140. The van der Waals surface area contributed by atoms with E-state index in [2.05, 4.69) is 61.5 Å². The van der Waals surface area contributed by atoms with Crippen molar-refractivity contribution in [2.75, 3.05) is 12.4 Å². The van der Waals surface area contributed by atoms with Crippen LogP contribution in [0.3, 0.4) is 0 Å². The number of rotatable bonds is 14. The Balaban J connectivity index is 1.34. The molecular formula is C35H45N3O3S. The average Bonchev–Trinajstić information content (AvgIpc) is 3.68. The van der Waals surface area contributed by atoms with Crippen LogP contribution in [0.4, 0.5) is 0 Å². The maximum atomic E-state index is 13.7. The number of unbranched alkanes of at least 4 members (excludes halogenated alkanes) is 1. The van der Waals surface area contributed by atoms with Crippen LogP contribution in [0.15, 0.2) is 56.9 Å². The van der Waals surface area contributed by atoms with Crippen molar-refractivity contribution >= 4 is 23.5 Å². The summed E-state index contributed by atoms with van der Waals surface area (Å²) in [7, 11) is 0. The molecule has 2 heterocycles. The van der Waals surface area contributed by atoms with Gasteiger partial charge in [0.25, 0.3) is 5.91 Å². The molecule has 42 heavy (non-hydrogen) atoms. The molecule has 0 unspecified atom stereocenters. The van der Waals surface area contributed by atoms with E-state index in [-0.39, 0.29) is 5.91 Å². The van der Waals surface area contributed by atoms with Gasteiger partial charge in [-0.3, -0.25) is 14.7 Å². The summed E-state index contributed by atoms with van der Waals surface area (Å²) in [5.41, 5.74) is 6.43. The van der Waals surface area contributed by atoms with E-state index in [4.69, 9.17) is 14.3 Å². The van der Waals surface area contributed by atoms with E-state index < -0.39 is 5.54 Å². The molecule has 0 saturated heterocycles. The Morgan fingerprint density at radius 2 is 1.83 bits per heavy atom. The summed E-state index contributed by atoms with van der Waals surface area (Å²) in [6.07, 6.45) is 8.93. The number of carbonyl (C=O) groups is 1. The van der Waals surface area contributed by atoms with Gasteiger partial charge in [-0.15, -0.1) is 11.8 Å². The van der Waals surface area contributed by atoms with E-state index >= 15 is 0 Å². The zero-order chi connectivity index (χ0) is 29.5. The topological polar surface area (TPSA) is 67.9 Å². The lowest BCUT2D eigenvalue weighted by atomic mass is 9.96. The van der Waals surface area contributed by atoms with Crippen LogP contribution < -0.4 is 0 Å². The van der Waals surface area contributed by atoms with Gasteiger partial charge in [-0.2, -0.15) is 0 Å². The van der Waals surface area contributed by atoms with Crippen molar-refractivity contribution in [3.63, 3.8) is 0 Å². The van der Waals surface area contributed by atoms with Crippen LogP contribution in [0.25, 0.3) is 11.1 Å². The Labute approximate surface area is 255 Å². The Morgan fingerprint density at radius 3 is 2.57 bits per heavy atom. The smallest absolute Gasteiger partial charge is 0.256 e. The zero-order valence-corrected chi connectivity index (χ0v) is 26.5. The van der Waals surface area contributed by atoms with Crippen LogP contribution in [0, 0.1) is 13.8 Å². The molecular weight excluding hydrogens is 542 g/mol. The van der Waals surface area contributed by atoms with Gasteiger partial charge >= 0.3 is 0 Å². The van der Waals surface area contributed by atoms with Crippen LogP contribution in [0.2, 0.25) is 0 Å². The summed E-state index contributed by atoms with van der Waals surface area (Å²) >= 11 is 1.89. The summed E-state index contributed by atoms with van der Waals surface area (Å²) in [4.78, 5) is 22.0. The van der Waals surface area contributed by atoms with Crippen molar-refractivity contribution in [2.45, 2.75) is 109 Å². The van der Waals surface area contributed by atoms with E-state index in [1.807, 2.05) is 30.5 Å². The number of hydrogen-bond donors (Lipinski definition) is 0. The lowest BCUT2D eigenvalue weighted by Crippen LogP contribution is -2.40. The lowest BCUT2D eigenvalue weighted by molar-refractivity contribution is -0.131. The number of amidine groups is 1. The third kappa shape index (κ3) is 6.68. The summed E-state index contributed by atoms with van der Waals surface area (Å²) in [6.45, 7) is 10.0. The molecule has 1 spiro atoms. The minimum atomic E-state index is -0.501. The molecule has 2 aliphatic rings. The van der Waals surface area contributed by atoms with E-state index in [9.17, 15) is 4.79 Å². The first-order valence-electron chi connectivity index (χ1n) is 15.7. The van der Waals surface area contributed by atoms with Gasteiger partial charge in [0.1, 0.15) is 17.1 Å². The molecule has 224 valence electrons. The van der Waals surface area contributed by atoms with Gasteiger partial charge in [0.2, 0.25) is 0 Å². The molecule has 1 fully saturated rings.